The molecule has 0 heterocycles. The average molecular weight is 318 g/mol. The van der Waals surface area contributed by atoms with Gasteiger partial charge in [-0.05, 0) is 19.4 Å². The Balaban J connectivity index is 2.66. The fourth-order valence-electron chi connectivity index (χ4n) is 1.89. The molecule has 2 amide bonds. The Hall–Kier alpha value is -1.76. The van der Waals surface area contributed by atoms with E-state index in [9.17, 15) is 23.1 Å². The molecule has 0 unspecified atom stereocenters. The Morgan fingerprint density at radius 1 is 1.23 bits per heavy atom. The van der Waals surface area contributed by atoms with Crippen molar-refractivity contribution in [3.8, 4) is 0 Å². The second-order valence-corrected chi connectivity index (χ2v) is 5.75. The standard InChI is InChI=1S/C15H21F3N2O2/c1-14(2,22)11-20(10-12-6-4-3-5-7-12)13(21)19-9-8-15(16,17)18/h3-7,22H,8-11H2,1-2H3,(H,19,21). The first-order valence-corrected chi connectivity index (χ1v) is 6.93. The lowest BCUT2D eigenvalue weighted by molar-refractivity contribution is -0.133. The molecule has 7 heteroatoms. The molecule has 1 aromatic rings. The van der Waals surface area contributed by atoms with Gasteiger partial charge in [-0.1, -0.05) is 30.3 Å². The molecule has 124 valence electrons. The van der Waals surface area contributed by atoms with Crippen LogP contribution in [0, 0.1) is 0 Å². The van der Waals surface area contributed by atoms with E-state index in [-0.39, 0.29) is 13.1 Å². The molecule has 1 aromatic carbocycles. The van der Waals surface area contributed by atoms with Crippen LogP contribution in [-0.4, -0.2) is 40.9 Å². The number of hydrogen-bond donors (Lipinski definition) is 2. The van der Waals surface area contributed by atoms with Gasteiger partial charge in [0.1, 0.15) is 0 Å². The minimum absolute atomic E-state index is 0.0136. The van der Waals surface area contributed by atoms with Crippen molar-refractivity contribution < 1.29 is 23.1 Å². The smallest absolute Gasteiger partial charge is 0.389 e. The number of hydrogen-bond acceptors (Lipinski definition) is 2. The van der Waals surface area contributed by atoms with Gasteiger partial charge >= 0.3 is 12.2 Å². The summed E-state index contributed by atoms with van der Waals surface area (Å²) in [5.41, 5.74) is -0.311. The predicted octanol–water partition coefficient (Wildman–Crippen LogP) is 2.92. The van der Waals surface area contributed by atoms with E-state index in [1.54, 1.807) is 24.3 Å². The highest BCUT2D eigenvalue weighted by atomic mass is 19.4. The normalized spacial score (nSPS) is 12.1. The van der Waals surface area contributed by atoms with E-state index in [4.69, 9.17) is 0 Å². The highest BCUT2D eigenvalue weighted by molar-refractivity contribution is 5.74. The summed E-state index contributed by atoms with van der Waals surface area (Å²) in [5, 5.41) is 12.1. The molecule has 0 aliphatic heterocycles. The Kier molecular flexibility index (Phi) is 6.22. The number of aliphatic hydroxyl groups is 1. The second kappa shape index (κ2) is 7.49. The number of alkyl halides is 3. The molecule has 0 atom stereocenters. The summed E-state index contributed by atoms with van der Waals surface area (Å²) in [5.74, 6) is 0. The van der Waals surface area contributed by atoms with Crippen LogP contribution in [0.15, 0.2) is 30.3 Å². The van der Waals surface area contributed by atoms with Crippen LogP contribution in [-0.2, 0) is 6.54 Å². The lowest BCUT2D eigenvalue weighted by atomic mass is 10.1. The molecule has 0 radical (unpaired) electrons. The summed E-state index contributed by atoms with van der Waals surface area (Å²) in [6.45, 7) is 2.81. The van der Waals surface area contributed by atoms with Crippen molar-refractivity contribution in [2.45, 2.75) is 38.6 Å². The molecule has 0 aliphatic rings. The summed E-state index contributed by atoms with van der Waals surface area (Å²) in [6.07, 6.45) is -5.39. The topological polar surface area (TPSA) is 52.6 Å². The highest BCUT2D eigenvalue weighted by Gasteiger charge is 2.28. The fourth-order valence-corrected chi connectivity index (χ4v) is 1.89. The van der Waals surface area contributed by atoms with Gasteiger partial charge in [0.25, 0.3) is 0 Å². The third kappa shape index (κ3) is 7.87. The number of nitrogens with zero attached hydrogens (tertiary/aromatic N) is 1. The van der Waals surface area contributed by atoms with Crippen molar-refractivity contribution in [2.24, 2.45) is 0 Å². The second-order valence-electron chi connectivity index (χ2n) is 5.75. The zero-order chi connectivity index (χ0) is 16.8. The minimum atomic E-state index is -4.31. The minimum Gasteiger partial charge on any atom is -0.389 e. The maximum Gasteiger partial charge on any atom is 0.390 e. The van der Waals surface area contributed by atoms with E-state index in [1.807, 2.05) is 6.07 Å². The first kappa shape index (κ1) is 18.3. The molecule has 0 aromatic heterocycles. The van der Waals surface area contributed by atoms with Crippen LogP contribution in [0.5, 0.6) is 0 Å². The first-order chi connectivity index (χ1) is 10.1. The van der Waals surface area contributed by atoms with E-state index >= 15 is 0 Å². The highest BCUT2D eigenvalue weighted by Crippen LogP contribution is 2.18. The largest absolute Gasteiger partial charge is 0.390 e. The maximum absolute atomic E-state index is 12.1. The van der Waals surface area contributed by atoms with E-state index in [1.165, 1.54) is 18.7 Å². The number of nitrogens with one attached hydrogen (secondary N) is 1. The molecular formula is C15H21F3N2O2. The predicted molar refractivity (Wildman–Crippen MR) is 77.2 cm³/mol. The van der Waals surface area contributed by atoms with E-state index in [0.717, 1.165) is 5.56 Å². The van der Waals surface area contributed by atoms with Crippen molar-refractivity contribution in [3.05, 3.63) is 35.9 Å². The third-order valence-electron chi connectivity index (χ3n) is 2.77. The zero-order valence-electron chi connectivity index (χ0n) is 12.7. The number of rotatable bonds is 6. The van der Waals surface area contributed by atoms with Gasteiger partial charge < -0.3 is 15.3 Å². The molecule has 0 saturated heterocycles. The van der Waals surface area contributed by atoms with Crippen LogP contribution in [0.4, 0.5) is 18.0 Å². The number of urea groups is 1. The number of carbonyl (C=O) groups excluding carboxylic acids is 1. The van der Waals surface area contributed by atoms with Crippen molar-refractivity contribution in [2.75, 3.05) is 13.1 Å². The van der Waals surface area contributed by atoms with Gasteiger partial charge in [0.15, 0.2) is 0 Å². The van der Waals surface area contributed by atoms with Gasteiger partial charge in [-0.25, -0.2) is 4.79 Å². The molecule has 0 spiro atoms. The Morgan fingerprint density at radius 2 is 1.82 bits per heavy atom. The van der Waals surface area contributed by atoms with Crippen LogP contribution in [0.3, 0.4) is 0 Å². The summed E-state index contributed by atoms with van der Waals surface area (Å²) in [4.78, 5) is 13.3. The summed E-state index contributed by atoms with van der Waals surface area (Å²) in [7, 11) is 0. The van der Waals surface area contributed by atoms with Crippen LogP contribution >= 0.6 is 0 Å². The van der Waals surface area contributed by atoms with E-state index in [2.05, 4.69) is 5.32 Å². The lowest BCUT2D eigenvalue weighted by Gasteiger charge is -2.29. The Morgan fingerprint density at radius 3 is 2.32 bits per heavy atom. The number of halogens is 3. The Labute approximate surface area is 127 Å². The maximum atomic E-state index is 12.1. The molecule has 2 N–H and O–H groups in total. The molecular weight excluding hydrogens is 297 g/mol. The van der Waals surface area contributed by atoms with Gasteiger partial charge in [0, 0.05) is 13.1 Å². The Bertz CT molecular complexity index is 470. The van der Waals surface area contributed by atoms with Crippen LogP contribution in [0.1, 0.15) is 25.8 Å². The van der Waals surface area contributed by atoms with Crippen molar-refractivity contribution >= 4 is 6.03 Å². The molecule has 0 aliphatic carbocycles. The SMILES string of the molecule is CC(C)(O)CN(Cc1ccccc1)C(=O)NCCC(F)(F)F. The van der Waals surface area contributed by atoms with Crippen LogP contribution in [0.25, 0.3) is 0 Å². The number of benzene rings is 1. The molecule has 0 bridgehead atoms. The molecule has 1 rings (SSSR count). The van der Waals surface area contributed by atoms with Crippen molar-refractivity contribution in [1.29, 1.82) is 0 Å². The summed E-state index contributed by atoms with van der Waals surface area (Å²) < 4.78 is 36.4. The van der Waals surface area contributed by atoms with Gasteiger partial charge in [-0.15, -0.1) is 0 Å². The summed E-state index contributed by atoms with van der Waals surface area (Å²) in [6, 6.07) is 8.42. The van der Waals surface area contributed by atoms with Gasteiger partial charge in [0.05, 0.1) is 18.6 Å². The first-order valence-electron chi connectivity index (χ1n) is 6.93. The quantitative estimate of drug-likeness (QED) is 0.847. The average Bonchev–Trinajstić information content (AvgIpc) is 2.36. The van der Waals surface area contributed by atoms with Gasteiger partial charge in [0.2, 0.25) is 0 Å². The monoisotopic (exact) mass is 318 g/mol. The number of amides is 2. The summed E-state index contributed by atoms with van der Waals surface area (Å²) >= 11 is 0. The van der Waals surface area contributed by atoms with Crippen molar-refractivity contribution in [1.82, 2.24) is 10.2 Å². The third-order valence-corrected chi connectivity index (χ3v) is 2.77. The molecule has 22 heavy (non-hydrogen) atoms. The molecule has 4 nitrogen and oxygen atoms in total. The van der Waals surface area contributed by atoms with Crippen LogP contribution in [0.2, 0.25) is 0 Å². The lowest BCUT2D eigenvalue weighted by Crippen LogP contribution is -2.47. The fraction of sp³-hybridized carbons (Fsp3) is 0.533. The van der Waals surface area contributed by atoms with Gasteiger partial charge in [-0.2, -0.15) is 13.2 Å². The van der Waals surface area contributed by atoms with Gasteiger partial charge in [-0.3, -0.25) is 0 Å². The zero-order valence-corrected chi connectivity index (χ0v) is 12.7. The van der Waals surface area contributed by atoms with Crippen LogP contribution < -0.4 is 5.32 Å². The van der Waals surface area contributed by atoms with E-state index in [0.29, 0.717) is 0 Å². The van der Waals surface area contributed by atoms with E-state index < -0.39 is 30.8 Å². The molecule has 0 saturated carbocycles. The molecule has 0 fully saturated rings. The number of carbonyl (C=O) groups is 1. The van der Waals surface area contributed by atoms with Crippen molar-refractivity contribution in [3.63, 3.8) is 0 Å².